The molecule has 3 aromatic rings. The highest BCUT2D eigenvalue weighted by Crippen LogP contribution is 2.33. The van der Waals surface area contributed by atoms with Gasteiger partial charge in [0.1, 0.15) is 11.4 Å². The zero-order valence-electron chi connectivity index (χ0n) is 20.0. The van der Waals surface area contributed by atoms with E-state index in [1.54, 1.807) is 0 Å². The van der Waals surface area contributed by atoms with Crippen LogP contribution in [0.5, 0.6) is 5.75 Å². The number of benzene rings is 3. The summed E-state index contributed by atoms with van der Waals surface area (Å²) in [6, 6.07) is 28.1. The molecule has 0 N–H and O–H groups in total. The fraction of sp³-hybridized carbons (Fsp3) is 0.280. The maximum Gasteiger partial charge on any atom is 0.485 e. The number of alkyl halides is 3. The topological polar surface area (TPSA) is 69.7 Å². The first-order valence-electron chi connectivity index (χ1n) is 10.5. The van der Waals surface area contributed by atoms with E-state index in [9.17, 15) is 13.2 Å². The van der Waals surface area contributed by atoms with Crippen LogP contribution in [-0.2, 0) is 21.0 Å². The lowest BCUT2D eigenvalue weighted by Gasteiger charge is -2.21. The van der Waals surface area contributed by atoms with Gasteiger partial charge in [-0.25, -0.2) is 8.42 Å². The summed E-state index contributed by atoms with van der Waals surface area (Å²) < 4.78 is 64.9. The van der Waals surface area contributed by atoms with Gasteiger partial charge in [-0.1, -0.05) is 18.2 Å². The second kappa shape index (κ2) is 11.4. The number of nitrogens with zero attached hydrogens (tertiary/aromatic N) is 1. The van der Waals surface area contributed by atoms with Crippen LogP contribution in [0.4, 0.5) is 18.9 Å². The predicted octanol–water partition coefficient (Wildman–Crippen LogP) is 6.08. The van der Waals surface area contributed by atoms with E-state index in [1.165, 1.54) is 20.4 Å². The smallest absolute Gasteiger partial charge is 0.485 e. The maximum absolute atomic E-state index is 10.7. The molecule has 0 saturated heterocycles. The minimum Gasteiger partial charge on any atom is -0.741 e. The van der Waals surface area contributed by atoms with Crippen molar-refractivity contribution in [3.8, 4) is 5.75 Å². The molecule has 10 heteroatoms. The summed E-state index contributed by atoms with van der Waals surface area (Å²) in [5, 5.41) is 0. The molecule has 0 aliphatic rings. The largest absolute Gasteiger partial charge is 0.741 e. The number of ether oxygens (including phenoxy) is 1. The molecule has 0 heterocycles. The molecule has 0 spiro atoms. The first kappa shape index (κ1) is 28.5. The Bertz CT molecular complexity index is 1170. The third kappa shape index (κ3) is 8.79. The molecule has 1 atom stereocenters. The molecule has 190 valence electrons. The van der Waals surface area contributed by atoms with Gasteiger partial charge in [0.2, 0.25) is 0 Å². The third-order valence-electron chi connectivity index (χ3n) is 4.33. The van der Waals surface area contributed by atoms with Gasteiger partial charge in [0.25, 0.3) is 0 Å². The van der Waals surface area contributed by atoms with E-state index in [0.29, 0.717) is 0 Å². The van der Waals surface area contributed by atoms with Gasteiger partial charge in [0.15, 0.2) is 24.8 Å². The number of hydrogen-bond acceptors (Lipinski definition) is 5. The molecular formula is C25H28F3NO4S2. The van der Waals surface area contributed by atoms with E-state index in [0.717, 1.165) is 5.75 Å². The number of halogens is 3. The lowest BCUT2D eigenvalue weighted by atomic mass is 10.2. The highest BCUT2D eigenvalue weighted by atomic mass is 32.2. The van der Waals surface area contributed by atoms with Gasteiger partial charge >= 0.3 is 5.51 Å². The van der Waals surface area contributed by atoms with E-state index in [2.05, 4.69) is 119 Å². The highest BCUT2D eigenvalue weighted by Gasteiger charge is 2.37. The molecule has 0 aliphatic heterocycles. The van der Waals surface area contributed by atoms with Crippen LogP contribution < -0.4 is 9.64 Å². The van der Waals surface area contributed by atoms with E-state index in [1.807, 2.05) is 0 Å². The molecule has 0 amide bonds. The molecule has 1 unspecified atom stereocenters. The molecule has 35 heavy (non-hydrogen) atoms. The fourth-order valence-electron chi connectivity index (χ4n) is 2.84. The molecule has 0 aromatic heterocycles. The number of anilines is 1. The maximum atomic E-state index is 10.7. The highest BCUT2D eigenvalue weighted by molar-refractivity contribution is 7.97. The van der Waals surface area contributed by atoms with Crippen molar-refractivity contribution in [1.29, 1.82) is 0 Å². The van der Waals surface area contributed by atoms with Gasteiger partial charge in [0.05, 0.1) is 10.9 Å². The standard InChI is InChI=1S/C24H28NOS.CHF3O3S/c1-24(2,3)26-20-13-17-23(18-14-20)27(21-9-7-6-8-10-21)22-15-11-19(12-16-22)25(4)5;2-1(3,4)8(5,6)7/h6-18H,1-5H3;(H,5,6,7)/q+1;/p-1. The summed E-state index contributed by atoms with van der Waals surface area (Å²) in [7, 11) is -2.09. The van der Waals surface area contributed by atoms with Crippen molar-refractivity contribution < 1.29 is 30.9 Å². The molecule has 0 aliphatic carbocycles. The van der Waals surface area contributed by atoms with Gasteiger partial charge in [-0.3, -0.25) is 0 Å². The lowest BCUT2D eigenvalue weighted by Crippen LogP contribution is -2.22. The van der Waals surface area contributed by atoms with Crippen LogP contribution in [0.2, 0.25) is 0 Å². The first-order chi connectivity index (χ1) is 16.1. The van der Waals surface area contributed by atoms with Crippen molar-refractivity contribution in [2.24, 2.45) is 0 Å². The Balaban J connectivity index is 0.000000466. The Morgan fingerprint density at radius 1 is 0.771 bits per heavy atom. The van der Waals surface area contributed by atoms with E-state index >= 15 is 0 Å². The average Bonchev–Trinajstić information content (AvgIpc) is 2.74. The van der Waals surface area contributed by atoms with Crippen LogP contribution in [0.3, 0.4) is 0 Å². The van der Waals surface area contributed by atoms with Gasteiger partial charge in [-0.05, 0) is 81.4 Å². The van der Waals surface area contributed by atoms with Crippen LogP contribution >= 0.6 is 0 Å². The summed E-state index contributed by atoms with van der Waals surface area (Å²) in [6.45, 7) is 6.21. The van der Waals surface area contributed by atoms with E-state index in [4.69, 9.17) is 17.7 Å². The second-order valence-corrected chi connectivity index (χ2v) is 12.0. The average molecular weight is 528 g/mol. The Hall–Kier alpha value is -2.69. The summed E-state index contributed by atoms with van der Waals surface area (Å²) in [4.78, 5) is 6.05. The molecule has 3 rings (SSSR count). The summed E-state index contributed by atoms with van der Waals surface area (Å²) >= 11 is 0. The minimum absolute atomic E-state index is 0.142. The van der Waals surface area contributed by atoms with Gasteiger partial charge in [-0.2, -0.15) is 13.2 Å². The summed E-state index contributed by atoms with van der Waals surface area (Å²) in [5.41, 5.74) is -4.62. The van der Waals surface area contributed by atoms with Crippen LogP contribution in [0.1, 0.15) is 20.8 Å². The van der Waals surface area contributed by atoms with Gasteiger partial charge in [-0.15, -0.1) is 0 Å². The Labute approximate surface area is 207 Å². The van der Waals surface area contributed by atoms with Crippen molar-refractivity contribution >= 4 is 26.7 Å². The molecule has 3 aromatic carbocycles. The molecular weight excluding hydrogens is 499 g/mol. The van der Waals surface area contributed by atoms with Crippen molar-refractivity contribution in [3.05, 3.63) is 78.9 Å². The Morgan fingerprint density at radius 2 is 1.17 bits per heavy atom. The number of hydrogen-bond donors (Lipinski definition) is 0. The molecule has 0 radical (unpaired) electrons. The summed E-state index contributed by atoms with van der Waals surface area (Å²) in [5.74, 6) is 0.908. The zero-order chi connectivity index (χ0) is 26.4. The molecule has 5 nitrogen and oxygen atoms in total. The number of rotatable bonds is 5. The first-order valence-corrected chi connectivity index (χ1v) is 13.1. The second-order valence-electron chi connectivity index (χ2n) is 8.59. The van der Waals surface area contributed by atoms with Gasteiger partial charge < -0.3 is 14.2 Å². The quantitative estimate of drug-likeness (QED) is 0.229. The Kier molecular flexibility index (Phi) is 9.27. The van der Waals surface area contributed by atoms with Crippen molar-refractivity contribution in [2.75, 3.05) is 19.0 Å². The summed E-state index contributed by atoms with van der Waals surface area (Å²) in [6.07, 6.45) is 0. The van der Waals surface area contributed by atoms with Crippen molar-refractivity contribution in [3.63, 3.8) is 0 Å². The van der Waals surface area contributed by atoms with Crippen LogP contribution in [0, 0.1) is 0 Å². The van der Waals surface area contributed by atoms with Crippen LogP contribution in [0.25, 0.3) is 0 Å². The minimum atomic E-state index is -6.09. The normalized spacial score (nSPS) is 12.8. The molecule has 0 fully saturated rings. The Morgan fingerprint density at radius 3 is 1.54 bits per heavy atom. The van der Waals surface area contributed by atoms with E-state index < -0.39 is 15.6 Å². The third-order valence-corrected chi connectivity index (χ3v) is 7.13. The SMILES string of the molecule is CN(C)c1ccc([S+](c2ccccc2)c2ccc(OC(C)(C)C)cc2)cc1.O=S(=O)([O-])C(F)(F)F. The van der Waals surface area contributed by atoms with Crippen molar-refractivity contribution in [2.45, 2.75) is 46.6 Å². The fourth-order valence-corrected chi connectivity index (χ4v) is 4.90. The van der Waals surface area contributed by atoms with Crippen molar-refractivity contribution in [1.82, 2.24) is 0 Å². The van der Waals surface area contributed by atoms with Crippen LogP contribution in [-0.4, -0.2) is 38.2 Å². The monoisotopic (exact) mass is 527 g/mol. The molecule has 0 bridgehead atoms. The van der Waals surface area contributed by atoms with E-state index in [-0.39, 0.29) is 16.5 Å². The molecule has 0 saturated carbocycles. The zero-order valence-corrected chi connectivity index (χ0v) is 21.7. The van der Waals surface area contributed by atoms with Crippen LogP contribution in [0.15, 0.2) is 93.5 Å². The van der Waals surface area contributed by atoms with Gasteiger partial charge in [0, 0.05) is 19.8 Å². The predicted molar refractivity (Wildman–Crippen MR) is 132 cm³/mol. The lowest BCUT2D eigenvalue weighted by molar-refractivity contribution is -0.0517.